The van der Waals surface area contributed by atoms with Gasteiger partial charge in [-0.15, -0.1) is 0 Å². The molecule has 0 aliphatic carbocycles. The molecule has 0 fully saturated rings. The Balaban J connectivity index is 1.94. The molecule has 0 spiro atoms. The molecule has 1 unspecified atom stereocenters. The number of anilines is 1. The molecule has 2 amide bonds. The van der Waals surface area contributed by atoms with E-state index >= 15 is 0 Å². The minimum atomic E-state index is -0.217. The van der Waals surface area contributed by atoms with Gasteiger partial charge in [-0.2, -0.15) is 0 Å². The number of furan rings is 1. The number of amides is 2. The van der Waals surface area contributed by atoms with Gasteiger partial charge in [-0.25, -0.2) is 0 Å². The number of nitrogens with zero attached hydrogens (tertiary/aromatic N) is 1. The van der Waals surface area contributed by atoms with Gasteiger partial charge in [0.05, 0.1) is 12.3 Å². The molecule has 144 valence electrons. The largest absolute Gasteiger partial charge is 0.459 e. The van der Waals surface area contributed by atoms with E-state index in [2.05, 4.69) is 5.32 Å². The first-order chi connectivity index (χ1) is 13.5. The van der Waals surface area contributed by atoms with Crippen LogP contribution in [0.5, 0.6) is 0 Å². The fourth-order valence-electron chi connectivity index (χ4n) is 3.15. The zero-order chi connectivity index (χ0) is 20.1. The van der Waals surface area contributed by atoms with Gasteiger partial charge in [0.1, 0.15) is 0 Å². The maximum absolute atomic E-state index is 13.3. The van der Waals surface area contributed by atoms with Gasteiger partial charge in [-0.3, -0.25) is 9.59 Å². The summed E-state index contributed by atoms with van der Waals surface area (Å²) in [6, 6.07) is 19.0. The molecular formula is C23H24N2O3. The van der Waals surface area contributed by atoms with Gasteiger partial charge in [-0.1, -0.05) is 42.5 Å². The number of carbonyl (C=O) groups is 2. The molecule has 0 aliphatic rings. The van der Waals surface area contributed by atoms with Crippen molar-refractivity contribution < 1.29 is 14.0 Å². The second-order valence-electron chi connectivity index (χ2n) is 6.83. The summed E-state index contributed by atoms with van der Waals surface area (Å²) >= 11 is 0. The molecule has 0 aliphatic heterocycles. The average Bonchev–Trinajstić information content (AvgIpc) is 3.11. The van der Waals surface area contributed by atoms with Crippen LogP contribution in [0.1, 0.15) is 47.1 Å². The smallest absolute Gasteiger partial charge is 0.290 e. The van der Waals surface area contributed by atoms with Gasteiger partial charge in [0.25, 0.3) is 5.91 Å². The highest BCUT2D eigenvalue weighted by molar-refractivity contribution is 5.93. The van der Waals surface area contributed by atoms with E-state index in [0.717, 1.165) is 16.7 Å². The third-order valence-electron chi connectivity index (χ3n) is 4.67. The van der Waals surface area contributed by atoms with Gasteiger partial charge >= 0.3 is 0 Å². The van der Waals surface area contributed by atoms with Crippen LogP contribution in [-0.4, -0.2) is 16.7 Å². The van der Waals surface area contributed by atoms with E-state index in [1.165, 1.54) is 13.2 Å². The summed E-state index contributed by atoms with van der Waals surface area (Å²) < 4.78 is 5.46. The highest BCUT2D eigenvalue weighted by Gasteiger charge is 2.26. The minimum Gasteiger partial charge on any atom is -0.459 e. The number of carbonyl (C=O) groups excluding carboxylic acids is 2. The van der Waals surface area contributed by atoms with Crippen molar-refractivity contribution in [1.82, 2.24) is 4.90 Å². The molecule has 2 aromatic carbocycles. The molecular weight excluding hydrogens is 352 g/mol. The van der Waals surface area contributed by atoms with Crippen molar-refractivity contribution in [1.29, 1.82) is 0 Å². The standard InChI is InChI=1S/C23H24N2O3/c1-16-12-13-28-22(16)23(27)25(15-19-8-5-4-6-9-19)17(2)20-10-7-11-21(14-20)24-18(3)26/h4-14,17H,15H2,1-3H3,(H,24,26). The summed E-state index contributed by atoms with van der Waals surface area (Å²) in [6.45, 7) is 5.76. The first-order valence-electron chi connectivity index (χ1n) is 9.22. The fourth-order valence-corrected chi connectivity index (χ4v) is 3.15. The average molecular weight is 376 g/mol. The summed E-state index contributed by atoms with van der Waals surface area (Å²) in [5, 5.41) is 2.79. The lowest BCUT2D eigenvalue weighted by atomic mass is 10.0. The van der Waals surface area contributed by atoms with Crippen LogP contribution in [0.15, 0.2) is 71.3 Å². The number of hydrogen-bond donors (Lipinski definition) is 1. The summed E-state index contributed by atoms with van der Waals surface area (Å²) in [5.41, 5.74) is 3.48. The fraction of sp³-hybridized carbons (Fsp3) is 0.217. The van der Waals surface area contributed by atoms with Gasteiger partial charge in [0.2, 0.25) is 5.91 Å². The van der Waals surface area contributed by atoms with E-state index < -0.39 is 0 Å². The second kappa shape index (κ2) is 8.57. The lowest BCUT2D eigenvalue weighted by Gasteiger charge is -2.29. The van der Waals surface area contributed by atoms with Gasteiger partial charge < -0.3 is 14.6 Å². The maximum Gasteiger partial charge on any atom is 0.290 e. The van der Waals surface area contributed by atoms with Crippen LogP contribution in [0.3, 0.4) is 0 Å². The summed E-state index contributed by atoms with van der Waals surface area (Å²) in [4.78, 5) is 26.4. The Bertz CT molecular complexity index is 963. The van der Waals surface area contributed by atoms with Crippen LogP contribution in [-0.2, 0) is 11.3 Å². The Morgan fingerprint density at radius 1 is 1.07 bits per heavy atom. The Morgan fingerprint density at radius 3 is 2.46 bits per heavy atom. The molecule has 0 saturated heterocycles. The van der Waals surface area contributed by atoms with Crippen molar-refractivity contribution >= 4 is 17.5 Å². The van der Waals surface area contributed by atoms with Crippen molar-refractivity contribution in [3.05, 3.63) is 89.4 Å². The molecule has 1 atom stereocenters. The molecule has 3 rings (SSSR count). The van der Waals surface area contributed by atoms with E-state index in [-0.39, 0.29) is 17.9 Å². The van der Waals surface area contributed by atoms with Crippen molar-refractivity contribution in [2.45, 2.75) is 33.4 Å². The molecule has 1 aromatic heterocycles. The van der Waals surface area contributed by atoms with E-state index in [1.54, 1.807) is 11.0 Å². The topological polar surface area (TPSA) is 62.6 Å². The quantitative estimate of drug-likeness (QED) is 0.662. The van der Waals surface area contributed by atoms with Gasteiger partial charge in [0.15, 0.2) is 5.76 Å². The van der Waals surface area contributed by atoms with E-state index in [9.17, 15) is 9.59 Å². The molecule has 5 heteroatoms. The molecule has 28 heavy (non-hydrogen) atoms. The molecule has 0 radical (unpaired) electrons. The molecule has 1 heterocycles. The van der Waals surface area contributed by atoms with Crippen molar-refractivity contribution in [3.63, 3.8) is 0 Å². The normalized spacial score (nSPS) is 11.7. The van der Waals surface area contributed by atoms with E-state index in [0.29, 0.717) is 18.0 Å². The van der Waals surface area contributed by atoms with Gasteiger partial charge in [-0.05, 0) is 43.2 Å². The number of benzene rings is 2. The number of nitrogens with one attached hydrogen (secondary N) is 1. The summed E-state index contributed by atoms with van der Waals surface area (Å²) in [6.07, 6.45) is 1.53. The predicted molar refractivity (Wildman–Crippen MR) is 109 cm³/mol. The van der Waals surface area contributed by atoms with Crippen LogP contribution in [0.25, 0.3) is 0 Å². The number of rotatable bonds is 6. The second-order valence-corrected chi connectivity index (χ2v) is 6.83. The van der Waals surface area contributed by atoms with Crippen molar-refractivity contribution in [2.75, 3.05) is 5.32 Å². The van der Waals surface area contributed by atoms with Crippen molar-refractivity contribution in [3.8, 4) is 0 Å². The van der Waals surface area contributed by atoms with Crippen LogP contribution in [0.4, 0.5) is 5.69 Å². The van der Waals surface area contributed by atoms with Crippen LogP contribution < -0.4 is 5.32 Å². The SMILES string of the molecule is CC(=O)Nc1cccc(C(C)N(Cc2ccccc2)C(=O)c2occc2C)c1. The highest BCUT2D eigenvalue weighted by Crippen LogP contribution is 2.27. The number of hydrogen-bond acceptors (Lipinski definition) is 3. The Morgan fingerprint density at radius 2 is 1.82 bits per heavy atom. The first kappa shape index (κ1) is 19.4. The molecule has 1 N–H and O–H groups in total. The van der Waals surface area contributed by atoms with Crippen LogP contribution in [0, 0.1) is 6.92 Å². The first-order valence-corrected chi connectivity index (χ1v) is 9.22. The molecule has 5 nitrogen and oxygen atoms in total. The molecule has 0 bridgehead atoms. The molecule has 0 saturated carbocycles. The third-order valence-corrected chi connectivity index (χ3v) is 4.67. The Labute approximate surface area is 165 Å². The minimum absolute atomic E-state index is 0.131. The number of aryl methyl sites for hydroxylation is 1. The van der Waals surface area contributed by atoms with Crippen LogP contribution >= 0.6 is 0 Å². The Kier molecular flexibility index (Phi) is 5.94. The van der Waals surface area contributed by atoms with E-state index in [1.807, 2.05) is 68.4 Å². The Hall–Kier alpha value is -3.34. The zero-order valence-corrected chi connectivity index (χ0v) is 16.3. The predicted octanol–water partition coefficient (Wildman–Crippen LogP) is 4.95. The monoisotopic (exact) mass is 376 g/mol. The summed E-state index contributed by atoms with van der Waals surface area (Å²) in [5.74, 6) is 0.0535. The molecule has 3 aromatic rings. The van der Waals surface area contributed by atoms with Crippen molar-refractivity contribution in [2.24, 2.45) is 0 Å². The lowest BCUT2D eigenvalue weighted by molar-refractivity contribution is -0.114. The lowest BCUT2D eigenvalue weighted by Crippen LogP contribution is -2.33. The zero-order valence-electron chi connectivity index (χ0n) is 16.3. The maximum atomic E-state index is 13.3. The van der Waals surface area contributed by atoms with Gasteiger partial charge in [0, 0.05) is 24.7 Å². The summed E-state index contributed by atoms with van der Waals surface area (Å²) in [7, 11) is 0. The highest BCUT2D eigenvalue weighted by atomic mass is 16.3. The van der Waals surface area contributed by atoms with Crippen LogP contribution in [0.2, 0.25) is 0 Å². The van der Waals surface area contributed by atoms with E-state index in [4.69, 9.17) is 4.42 Å². The third kappa shape index (κ3) is 4.49.